The average Bonchev–Trinajstić information content (AvgIpc) is 2.97. The molecule has 0 aliphatic carbocycles. The van der Waals surface area contributed by atoms with Gasteiger partial charge in [-0.2, -0.15) is 13.2 Å². The molecule has 1 aliphatic heterocycles. The van der Waals surface area contributed by atoms with Crippen LogP contribution in [0, 0.1) is 11.7 Å². The number of nitrogens with one attached hydrogen (secondary N) is 1. The number of alkyl halides is 3. The minimum atomic E-state index is -4.91. The molecule has 1 heterocycles. The zero-order valence-electron chi connectivity index (χ0n) is 12.7. The van der Waals surface area contributed by atoms with Crippen molar-refractivity contribution in [3.63, 3.8) is 0 Å². The minimum Gasteiger partial charge on any atom is -0.393 e. The maximum Gasteiger partial charge on any atom is 0.419 e. The van der Waals surface area contributed by atoms with Crippen LogP contribution in [-0.2, 0) is 15.8 Å². The van der Waals surface area contributed by atoms with E-state index in [2.05, 4.69) is 0 Å². The first-order chi connectivity index (χ1) is 11.1. The van der Waals surface area contributed by atoms with Crippen molar-refractivity contribution in [2.45, 2.75) is 25.6 Å². The Kier molecular flexibility index (Phi) is 5.12. The fraction of sp³-hybridized carbons (Fsp3) is 0.467. The van der Waals surface area contributed by atoms with Gasteiger partial charge >= 0.3 is 18.0 Å². The SMILES string of the molecule is CC(O)C1CCN(C(=O)C(=O)Nc2ccc(F)c(C(F)(F)F)c2)C1. The highest BCUT2D eigenvalue weighted by Crippen LogP contribution is 2.33. The molecule has 132 valence electrons. The van der Waals surface area contributed by atoms with E-state index in [1.54, 1.807) is 6.92 Å². The lowest BCUT2D eigenvalue weighted by Gasteiger charge is -2.17. The van der Waals surface area contributed by atoms with E-state index in [1.165, 1.54) is 4.90 Å². The first-order valence-corrected chi connectivity index (χ1v) is 7.24. The maximum absolute atomic E-state index is 13.2. The van der Waals surface area contributed by atoms with Crippen LogP contribution in [0.4, 0.5) is 23.2 Å². The van der Waals surface area contributed by atoms with Crippen LogP contribution in [-0.4, -0.2) is 41.0 Å². The van der Waals surface area contributed by atoms with Gasteiger partial charge in [-0.3, -0.25) is 9.59 Å². The predicted molar refractivity (Wildman–Crippen MR) is 76.4 cm³/mol. The van der Waals surface area contributed by atoms with Crippen LogP contribution in [0.5, 0.6) is 0 Å². The van der Waals surface area contributed by atoms with Gasteiger partial charge in [-0.15, -0.1) is 0 Å². The van der Waals surface area contributed by atoms with Crippen LogP contribution in [0.2, 0.25) is 0 Å². The second kappa shape index (κ2) is 6.76. The van der Waals surface area contributed by atoms with E-state index in [4.69, 9.17) is 0 Å². The van der Waals surface area contributed by atoms with Gasteiger partial charge in [-0.05, 0) is 31.5 Å². The third-order valence-corrected chi connectivity index (χ3v) is 3.92. The fourth-order valence-electron chi connectivity index (χ4n) is 2.51. The van der Waals surface area contributed by atoms with E-state index < -0.39 is 35.5 Å². The smallest absolute Gasteiger partial charge is 0.393 e. The number of hydrogen-bond acceptors (Lipinski definition) is 3. The number of likely N-dealkylation sites (tertiary alicyclic amines) is 1. The van der Waals surface area contributed by atoms with E-state index in [9.17, 15) is 32.3 Å². The molecule has 2 atom stereocenters. The Morgan fingerprint density at radius 1 is 1.38 bits per heavy atom. The van der Waals surface area contributed by atoms with Crippen molar-refractivity contribution in [2.24, 2.45) is 5.92 Å². The zero-order chi connectivity index (χ0) is 18.1. The number of hydrogen-bond donors (Lipinski definition) is 2. The van der Waals surface area contributed by atoms with Gasteiger partial charge in [0.1, 0.15) is 5.82 Å². The number of halogens is 4. The molecular formula is C15H16F4N2O3. The van der Waals surface area contributed by atoms with E-state index in [1.807, 2.05) is 5.32 Å². The molecule has 0 radical (unpaired) electrons. The van der Waals surface area contributed by atoms with Gasteiger partial charge < -0.3 is 15.3 Å². The van der Waals surface area contributed by atoms with Gasteiger partial charge in [-0.25, -0.2) is 4.39 Å². The van der Waals surface area contributed by atoms with Gasteiger partial charge in [-0.1, -0.05) is 0 Å². The fourth-order valence-corrected chi connectivity index (χ4v) is 2.51. The highest BCUT2D eigenvalue weighted by Gasteiger charge is 2.35. The number of anilines is 1. The van der Waals surface area contributed by atoms with Gasteiger partial charge in [0.15, 0.2) is 0 Å². The lowest BCUT2D eigenvalue weighted by atomic mass is 10.0. The molecule has 1 aromatic carbocycles. The van der Waals surface area contributed by atoms with Crippen LogP contribution in [0.1, 0.15) is 18.9 Å². The summed E-state index contributed by atoms with van der Waals surface area (Å²) in [7, 11) is 0. The second-order valence-corrected chi connectivity index (χ2v) is 5.69. The number of nitrogens with zero attached hydrogens (tertiary/aromatic N) is 1. The third kappa shape index (κ3) is 4.02. The molecule has 24 heavy (non-hydrogen) atoms. The zero-order valence-corrected chi connectivity index (χ0v) is 12.7. The Hall–Kier alpha value is -2.16. The molecule has 2 N–H and O–H groups in total. The number of carbonyl (C=O) groups is 2. The van der Waals surface area contributed by atoms with E-state index in [-0.39, 0.29) is 24.7 Å². The highest BCUT2D eigenvalue weighted by molar-refractivity contribution is 6.39. The molecule has 0 bridgehead atoms. The van der Waals surface area contributed by atoms with Crippen LogP contribution >= 0.6 is 0 Å². The topological polar surface area (TPSA) is 69.6 Å². The van der Waals surface area contributed by atoms with Crippen LogP contribution in [0.3, 0.4) is 0 Å². The van der Waals surface area contributed by atoms with Crippen molar-refractivity contribution >= 4 is 17.5 Å². The Morgan fingerprint density at radius 3 is 2.58 bits per heavy atom. The normalized spacial score (nSPS) is 19.2. The first kappa shape index (κ1) is 18.2. The summed E-state index contributed by atoms with van der Waals surface area (Å²) in [5.74, 6) is -3.63. The molecule has 0 spiro atoms. The van der Waals surface area contributed by atoms with Crippen molar-refractivity contribution < 1.29 is 32.3 Å². The van der Waals surface area contributed by atoms with Crippen molar-refractivity contribution in [1.82, 2.24) is 4.90 Å². The van der Waals surface area contributed by atoms with Crippen molar-refractivity contribution in [3.8, 4) is 0 Å². The van der Waals surface area contributed by atoms with Gasteiger partial charge in [0.2, 0.25) is 0 Å². The Balaban J connectivity index is 2.06. The molecule has 0 aromatic heterocycles. The summed E-state index contributed by atoms with van der Waals surface area (Å²) in [6.07, 6.45) is -5.00. The summed E-state index contributed by atoms with van der Waals surface area (Å²) in [6, 6.07) is 1.95. The van der Waals surface area contributed by atoms with Crippen LogP contribution in [0.15, 0.2) is 18.2 Å². The Morgan fingerprint density at radius 2 is 2.04 bits per heavy atom. The first-order valence-electron chi connectivity index (χ1n) is 7.24. The largest absolute Gasteiger partial charge is 0.419 e. The molecule has 1 fully saturated rings. The predicted octanol–water partition coefficient (Wildman–Crippen LogP) is 2.01. The summed E-state index contributed by atoms with van der Waals surface area (Å²) in [5, 5.41) is 11.5. The molecule has 2 amide bonds. The summed E-state index contributed by atoms with van der Waals surface area (Å²) in [5.41, 5.74) is -1.85. The number of benzene rings is 1. The molecule has 1 aliphatic rings. The highest BCUT2D eigenvalue weighted by atomic mass is 19.4. The second-order valence-electron chi connectivity index (χ2n) is 5.69. The number of amides is 2. The standard InChI is InChI=1S/C15H16F4N2O3/c1-8(22)9-4-5-21(7-9)14(24)13(23)20-10-2-3-12(16)11(6-10)15(17,18)19/h2-3,6,8-9,22H,4-5,7H2,1H3,(H,20,23). The lowest BCUT2D eigenvalue weighted by molar-refractivity contribution is -0.142. The Bertz CT molecular complexity index is 646. The van der Waals surface area contributed by atoms with E-state index in [0.717, 1.165) is 6.07 Å². The molecule has 0 saturated carbocycles. The Labute approximate surface area is 135 Å². The number of aliphatic hydroxyl groups is 1. The molecule has 9 heteroatoms. The van der Waals surface area contributed by atoms with Crippen LogP contribution in [0.25, 0.3) is 0 Å². The minimum absolute atomic E-state index is 0.149. The molecule has 2 unspecified atom stereocenters. The third-order valence-electron chi connectivity index (χ3n) is 3.92. The summed E-state index contributed by atoms with van der Waals surface area (Å²) in [4.78, 5) is 25.1. The van der Waals surface area contributed by atoms with Crippen molar-refractivity contribution in [2.75, 3.05) is 18.4 Å². The van der Waals surface area contributed by atoms with Gasteiger partial charge in [0, 0.05) is 24.7 Å². The maximum atomic E-state index is 13.2. The lowest BCUT2D eigenvalue weighted by Crippen LogP contribution is -2.38. The molecule has 2 rings (SSSR count). The van der Waals surface area contributed by atoms with E-state index in [0.29, 0.717) is 18.6 Å². The number of aliphatic hydroxyl groups excluding tert-OH is 1. The number of carbonyl (C=O) groups excluding carboxylic acids is 2. The molecule has 1 aromatic rings. The van der Waals surface area contributed by atoms with Gasteiger partial charge in [0.25, 0.3) is 0 Å². The monoisotopic (exact) mass is 348 g/mol. The number of rotatable bonds is 2. The van der Waals surface area contributed by atoms with Crippen molar-refractivity contribution in [3.05, 3.63) is 29.6 Å². The molecule has 1 saturated heterocycles. The molecule has 5 nitrogen and oxygen atoms in total. The van der Waals surface area contributed by atoms with Gasteiger partial charge in [0.05, 0.1) is 11.7 Å². The molecular weight excluding hydrogens is 332 g/mol. The average molecular weight is 348 g/mol. The summed E-state index contributed by atoms with van der Waals surface area (Å²) in [6.45, 7) is 2.05. The summed E-state index contributed by atoms with van der Waals surface area (Å²) >= 11 is 0. The summed E-state index contributed by atoms with van der Waals surface area (Å²) < 4.78 is 51.1. The van der Waals surface area contributed by atoms with Crippen LogP contribution < -0.4 is 5.32 Å². The van der Waals surface area contributed by atoms with Crippen molar-refractivity contribution in [1.29, 1.82) is 0 Å². The quantitative estimate of drug-likeness (QED) is 0.635. The van der Waals surface area contributed by atoms with E-state index >= 15 is 0 Å².